The molecule has 1 aromatic heterocycles. The third kappa shape index (κ3) is 4.56. The Balaban J connectivity index is 1.59. The summed E-state index contributed by atoms with van der Waals surface area (Å²) >= 11 is 7.51. The highest BCUT2D eigenvalue weighted by atomic mass is 35.5. The molecule has 1 aliphatic rings. The lowest BCUT2D eigenvalue weighted by atomic mass is 10.1. The molecule has 144 valence electrons. The van der Waals surface area contributed by atoms with Crippen LogP contribution >= 0.6 is 23.4 Å². The number of halogens is 1. The second kappa shape index (κ2) is 8.67. The number of hydrogen-bond acceptors (Lipinski definition) is 6. The first-order valence-electron chi connectivity index (χ1n) is 8.42. The van der Waals surface area contributed by atoms with Gasteiger partial charge in [-0.3, -0.25) is 9.59 Å². The maximum Gasteiger partial charge on any atom is 0.248 e. The minimum absolute atomic E-state index is 0.0912. The molecule has 3 rings (SSSR count). The number of aromatic nitrogens is 1. The van der Waals surface area contributed by atoms with E-state index in [0.29, 0.717) is 35.2 Å². The van der Waals surface area contributed by atoms with Crippen molar-refractivity contribution < 1.29 is 18.8 Å². The zero-order valence-electron chi connectivity index (χ0n) is 15.0. The number of thioether (sulfide) groups is 1. The van der Waals surface area contributed by atoms with E-state index in [-0.39, 0.29) is 23.5 Å². The summed E-state index contributed by atoms with van der Waals surface area (Å²) in [4.78, 5) is 26.9. The van der Waals surface area contributed by atoms with E-state index in [4.69, 9.17) is 20.9 Å². The van der Waals surface area contributed by atoms with Crippen LogP contribution in [0.15, 0.2) is 28.8 Å². The number of carbonyl (C=O) groups excluding carboxylic acids is 2. The van der Waals surface area contributed by atoms with Gasteiger partial charge in [0.1, 0.15) is 11.8 Å². The molecule has 0 spiro atoms. The fourth-order valence-corrected chi connectivity index (χ4v) is 4.27. The molecule has 1 atom stereocenters. The topological polar surface area (TPSA) is 84.7 Å². The van der Waals surface area contributed by atoms with Gasteiger partial charge in [0.25, 0.3) is 0 Å². The first-order chi connectivity index (χ1) is 13.0. The van der Waals surface area contributed by atoms with Crippen molar-refractivity contribution in [3.8, 4) is 5.75 Å². The van der Waals surface area contributed by atoms with Crippen LogP contribution in [0.1, 0.15) is 17.7 Å². The highest BCUT2D eigenvalue weighted by Crippen LogP contribution is 2.25. The van der Waals surface area contributed by atoms with Crippen LogP contribution in [0.3, 0.4) is 0 Å². The molecule has 1 fully saturated rings. The van der Waals surface area contributed by atoms with Gasteiger partial charge in [-0.25, -0.2) is 0 Å². The smallest absolute Gasteiger partial charge is 0.248 e. The third-order valence-corrected chi connectivity index (χ3v) is 5.70. The summed E-state index contributed by atoms with van der Waals surface area (Å²) in [6.07, 6.45) is 0.676. The van der Waals surface area contributed by atoms with Crippen molar-refractivity contribution in [2.24, 2.45) is 0 Å². The Hall–Kier alpha value is -2.19. The Morgan fingerprint density at radius 3 is 2.78 bits per heavy atom. The maximum absolute atomic E-state index is 12.6. The van der Waals surface area contributed by atoms with Gasteiger partial charge in [0, 0.05) is 23.4 Å². The number of ether oxygens (including phenoxy) is 1. The highest BCUT2D eigenvalue weighted by molar-refractivity contribution is 7.99. The number of anilines is 1. The van der Waals surface area contributed by atoms with Crippen molar-refractivity contribution in [3.63, 3.8) is 0 Å². The van der Waals surface area contributed by atoms with E-state index in [1.165, 1.54) is 0 Å². The summed E-state index contributed by atoms with van der Waals surface area (Å²) in [6, 6.07) is 6.58. The number of aryl methyl sites for hydroxylation is 1. The van der Waals surface area contributed by atoms with Crippen LogP contribution in [-0.4, -0.2) is 46.7 Å². The number of hydrogen-bond donors (Lipinski definition) is 1. The molecular formula is C18H20ClN3O4S. The SMILES string of the molecule is COc1ccc(NC(=O)C2CSCN2C(=O)CCc2c(C)noc2Cl)cc1. The first-order valence-corrected chi connectivity index (χ1v) is 9.95. The number of benzene rings is 1. The molecule has 1 saturated heterocycles. The van der Waals surface area contributed by atoms with E-state index in [1.54, 1.807) is 55.0 Å². The Morgan fingerprint density at radius 1 is 1.41 bits per heavy atom. The van der Waals surface area contributed by atoms with Crippen LogP contribution in [0.2, 0.25) is 5.22 Å². The monoisotopic (exact) mass is 409 g/mol. The standard InChI is InChI=1S/C18H20ClN3O4S/c1-11-14(17(19)26-21-11)7-8-16(23)22-10-27-9-15(22)18(24)20-12-3-5-13(25-2)6-4-12/h3-6,15H,7-10H2,1-2H3,(H,20,24). The summed E-state index contributed by atoms with van der Waals surface area (Å²) in [5.41, 5.74) is 2.07. The Kier molecular flexibility index (Phi) is 6.28. The number of nitrogens with zero attached hydrogens (tertiary/aromatic N) is 2. The van der Waals surface area contributed by atoms with Gasteiger partial charge >= 0.3 is 0 Å². The van der Waals surface area contributed by atoms with Gasteiger partial charge in [0.2, 0.25) is 17.0 Å². The summed E-state index contributed by atoms with van der Waals surface area (Å²) in [6.45, 7) is 1.78. The van der Waals surface area contributed by atoms with Crippen LogP contribution in [0.4, 0.5) is 5.69 Å². The second-order valence-corrected chi connectivity index (χ2v) is 7.46. The summed E-state index contributed by atoms with van der Waals surface area (Å²) in [5.74, 6) is 1.49. The molecule has 1 aliphatic heterocycles. The predicted molar refractivity (Wildman–Crippen MR) is 104 cm³/mol. The molecule has 1 aromatic carbocycles. The van der Waals surface area contributed by atoms with Gasteiger partial charge in [-0.15, -0.1) is 11.8 Å². The molecule has 7 nitrogen and oxygen atoms in total. The van der Waals surface area contributed by atoms with Gasteiger partial charge in [-0.1, -0.05) is 5.16 Å². The quantitative estimate of drug-likeness (QED) is 0.789. The van der Waals surface area contributed by atoms with Gasteiger partial charge < -0.3 is 19.5 Å². The summed E-state index contributed by atoms with van der Waals surface area (Å²) in [7, 11) is 1.58. The van der Waals surface area contributed by atoms with Crippen LogP contribution in [0.5, 0.6) is 5.75 Å². The predicted octanol–water partition coefficient (Wildman–Crippen LogP) is 3.12. The van der Waals surface area contributed by atoms with Gasteiger partial charge in [0.05, 0.1) is 18.7 Å². The minimum Gasteiger partial charge on any atom is -0.497 e. The molecule has 27 heavy (non-hydrogen) atoms. The number of amides is 2. The molecular weight excluding hydrogens is 390 g/mol. The summed E-state index contributed by atoms with van der Waals surface area (Å²) in [5, 5.41) is 6.86. The Morgan fingerprint density at radius 2 is 2.15 bits per heavy atom. The van der Waals surface area contributed by atoms with Crippen molar-refractivity contribution in [2.75, 3.05) is 24.1 Å². The van der Waals surface area contributed by atoms with E-state index in [2.05, 4.69) is 10.5 Å². The van der Waals surface area contributed by atoms with Crippen molar-refractivity contribution in [3.05, 3.63) is 40.7 Å². The molecule has 9 heteroatoms. The van der Waals surface area contributed by atoms with Gasteiger partial charge in [-0.05, 0) is 49.2 Å². The van der Waals surface area contributed by atoms with E-state index >= 15 is 0 Å². The molecule has 2 aromatic rings. The van der Waals surface area contributed by atoms with Crippen LogP contribution in [0, 0.1) is 6.92 Å². The zero-order chi connectivity index (χ0) is 19.4. The molecule has 2 amide bonds. The fourth-order valence-electron chi connectivity index (χ4n) is 2.82. The molecule has 2 heterocycles. The molecule has 0 aliphatic carbocycles. The summed E-state index contributed by atoms with van der Waals surface area (Å²) < 4.78 is 10.0. The highest BCUT2D eigenvalue weighted by Gasteiger charge is 2.34. The number of carbonyl (C=O) groups is 2. The lowest BCUT2D eigenvalue weighted by molar-refractivity contribution is -0.136. The number of nitrogens with one attached hydrogen (secondary N) is 1. The number of methoxy groups -OCH3 is 1. The van der Waals surface area contributed by atoms with E-state index in [9.17, 15) is 9.59 Å². The third-order valence-electron chi connectivity index (χ3n) is 4.39. The molecule has 1 N–H and O–H groups in total. The molecule has 0 saturated carbocycles. The van der Waals surface area contributed by atoms with E-state index in [0.717, 1.165) is 5.56 Å². The zero-order valence-corrected chi connectivity index (χ0v) is 16.6. The lowest BCUT2D eigenvalue weighted by Gasteiger charge is -2.23. The van der Waals surface area contributed by atoms with Gasteiger partial charge in [-0.2, -0.15) is 0 Å². The normalized spacial score (nSPS) is 16.4. The maximum atomic E-state index is 12.6. The largest absolute Gasteiger partial charge is 0.497 e. The fraction of sp³-hybridized carbons (Fsp3) is 0.389. The van der Waals surface area contributed by atoms with Crippen molar-refractivity contribution in [1.82, 2.24) is 10.1 Å². The van der Waals surface area contributed by atoms with E-state index in [1.807, 2.05) is 0 Å². The van der Waals surface area contributed by atoms with Crippen LogP contribution in [-0.2, 0) is 16.0 Å². The first kappa shape index (κ1) is 19.6. The van der Waals surface area contributed by atoms with Gasteiger partial charge in [0.15, 0.2) is 0 Å². The average molecular weight is 410 g/mol. The minimum atomic E-state index is -0.497. The second-order valence-electron chi connectivity index (χ2n) is 6.12. The van der Waals surface area contributed by atoms with Crippen molar-refractivity contribution in [1.29, 1.82) is 0 Å². The van der Waals surface area contributed by atoms with Crippen molar-refractivity contribution in [2.45, 2.75) is 25.8 Å². The van der Waals surface area contributed by atoms with Crippen molar-refractivity contribution >= 4 is 40.9 Å². The van der Waals surface area contributed by atoms with E-state index < -0.39 is 6.04 Å². The number of rotatable bonds is 6. The Labute approximate surface area is 166 Å². The Bertz CT molecular complexity index is 805. The molecule has 1 unspecified atom stereocenters. The molecule has 0 bridgehead atoms. The molecule has 0 radical (unpaired) electrons. The lowest BCUT2D eigenvalue weighted by Crippen LogP contribution is -2.44. The average Bonchev–Trinajstić information content (AvgIpc) is 3.28. The van der Waals surface area contributed by atoms with Crippen LogP contribution < -0.4 is 10.1 Å². The van der Waals surface area contributed by atoms with Crippen LogP contribution in [0.25, 0.3) is 0 Å².